The molecule has 35 nitrogen and oxygen atoms in total. The van der Waals surface area contributed by atoms with E-state index in [0.29, 0.717) is 162 Å². The van der Waals surface area contributed by atoms with Crippen LogP contribution in [0.4, 0.5) is 11.4 Å². The van der Waals surface area contributed by atoms with Gasteiger partial charge in [-0.2, -0.15) is 0 Å². The van der Waals surface area contributed by atoms with Crippen molar-refractivity contribution in [2.45, 2.75) is 82.0 Å². The minimum atomic E-state index is -1.28. The smallest absolute Gasteiger partial charge is 0.304 e. The van der Waals surface area contributed by atoms with E-state index in [2.05, 4.69) is 31.6 Å². The number of carboxylic acid groups (broad SMARTS) is 1. The van der Waals surface area contributed by atoms with Gasteiger partial charge >= 0.3 is 5.97 Å². The molecule has 0 aromatic heterocycles. The van der Waals surface area contributed by atoms with Gasteiger partial charge in [-0.1, -0.05) is 13.0 Å². The molecule has 0 bridgehead atoms. The van der Waals surface area contributed by atoms with Crippen LogP contribution < -0.4 is 42.8 Å². The highest BCUT2D eigenvalue weighted by molar-refractivity contribution is 8.00. The van der Waals surface area contributed by atoms with Crippen LogP contribution in [0.25, 0.3) is 0 Å². The summed E-state index contributed by atoms with van der Waals surface area (Å²) in [5, 5.41) is 42.2. The van der Waals surface area contributed by atoms with Gasteiger partial charge in [0.05, 0.1) is 226 Å². The van der Waals surface area contributed by atoms with E-state index in [9.17, 15) is 58.5 Å². The molecule has 2 fully saturated rings. The number of benzene rings is 2. The first-order valence-electron chi connectivity index (χ1n) is 34.8. The lowest BCUT2D eigenvalue weighted by Crippen LogP contribution is -2.60. The van der Waals surface area contributed by atoms with Crippen molar-refractivity contribution in [2.75, 3.05) is 209 Å². The van der Waals surface area contributed by atoms with Gasteiger partial charge in [0.1, 0.15) is 12.4 Å². The topological polar surface area (TPSA) is 471 Å². The molecule has 0 radical (unpaired) electrons. The SMILES string of the molecule is C[C@H]1[C@@H](O)[C@H](NC(=O)CCSC2CC(=O)N(CCC(=O)NCCOCCOCCOCCOCCOCCOCCOCCOCCOCCOCCOCCOCCC(=O)NCCOc3ccc(NC(=O)[C@H](CC(=O)O)CC(=O)CNC(=O)c4cccc(N=C(N)N)c4)cc3)C2=O)[C@H](C)O[C@@H]1CO. The Balaban J connectivity index is 0.798. The number of Topliss-reactive ketones (excluding diaryl/α,β-unsaturated/α-hetero) is 1. The summed E-state index contributed by atoms with van der Waals surface area (Å²) in [5.41, 5.74) is 11.6. The number of guanidine groups is 1. The van der Waals surface area contributed by atoms with Crippen LogP contribution in [0.15, 0.2) is 53.5 Å². The van der Waals surface area contributed by atoms with Crippen LogP contribution in [0.2, 0.25) is 0 Å². The van der Waals surface area contributed by atoms with Crippen LogP contribution in [0, 0.1) is 11.8 Å². The number of aliphatic hydroxyl groups is 2. The summed E-state index contributed by atoms with van der Waals surface area (Å²) in [7, 11) is 0. The van der Waals surface area contributed by atoms with Gasteiger partial charge in [0.25, 0.3) is 5.91 Å². The zero-order valence-corrected chi connectivity index (χ0v) is 60.3. The van der Waals surface area contributed by atoms with Gasteiger partial charge in [0.15, 0.2) is 11.7 Å². The molecule has 2 aliphatic rings. The van der Waals surface area contributed by atoms with Crippen molar-refractivity contribution in [1.29, 1.82) is 0 Å². The van der Waals surface area contributed by atoms with E-state index in [-0.39, 0.29) is 124 Å². The number of hydrogen-bond acceptors (Lipinski definition) is 27. The Kier molecular flexibility index (Phi) is 47.5. The number of ether oxygens (including phenoxy) is 14. The predicted octanol–water partition coefficient (Wildman–Crippen LogP) is -0.887. The largest absolute Gasteiger partial charge is 0.492 e. The number of ketones is 1. The number of likely N-dealkylation sites (tertiary alicyclic amines) is 1. The lowest BCUT2D eigenvalue weighted by molar-refractivity contribution is -0.161. The van der Waals surface area contributed by atoms with Crippen LogP contribution in [0.5, 0.6) is 5.75 Å². The summed E-state index contributed by atoms with van der Waals surface area (Å²) in [5.74, 6) is -5.78. The average molecular weight is 1500 g/mol. The number of carbonyl (C=O) groups is 9. The van der Waals surface area contributed by atoms with Crippen LogP contribution in [0.1, 0.15) is 62.7 Å². The lowest BCUT2D eigenvalue weighted by Gasteiger charge is -2.42. The number of anilines is 1. The van der Waals surface area contributed by atoms with E-state index in [1.807, 2.05) is 0 Å². The molecule has 0 saturated carbocycles. The number of aliphatic carboxylic acids is 1. The second-order valence-corrected chi connectivity index (χ2v) is 24.7. The number of nitrogens with two attached hydrogens (primary N) is 2. The Bertz CT molecular complexity index is 2850. The quantitative estimate of drug-likeness (QED) is 0.0166. The normalized spacial score (nSPS) is 17.5. The first kappa shape index (κ1) is 89.3. The number of hydrogen-bond donors (Lipinski definition) is 10. The van der Waals surface area contributed by atoms with Crippen LogP contribution in [0.3, 0.4) is 0 Å². The van der Waals surface area contributed by atoms with Gasteiger partial charge in [0.2, 0.25) is 35.4 Å². The fourth-order valence-electron chi connectivity index (χ4n) is 9.83. The first-order chi connectivity index (χ1) is 50.3. The molecule has 12 N–H and O–H groups in total. The number of aliphatic imine (C=N–C) groups is 1. The molecule has 104 heavy (non-hydrogen) atoms. The summed E-state index contributed by atoms with van der Waals surface area (Å²) >= 11 is 1.20. The van der Waals surface area contributed by atoms with E-state index in [0.717, 1.165) is 4.90 Å². The maximum atomic E-state index is 13.0. The van der Waals surface area contributed by atoms with Crippen molar-refractivity contribution in [3.05, 3.63) is 54.1 Å². The zero-order chi connectivity index (χ0) is 75.4. The highest BCUT2D eigenvalue weighted by Crippen LogP contribution is 2.28. The van der Waals surface area contributed by atoms with Gasteiger partial charge in [-0.15, -0.1) is 11.8 Å². The van der Waals surface area contributed by atoms with Gasteiger partial charge in [-0.05, 0) is 49.4 Å². The van der Waals surface area contributed by atoms with Gasteiger partial charge in [-0.25, -0.2) is 4.99 Å². The Labute approximate surface area is 610 Å². The van der Waals surface area contributed by atoms with Crippen molar-refractivity contribution in [1.82, 2.24) is 26.2 Å². The number of carboxylic acids is 1. The average Bonchev–Trinajstić information content (AvgIpc) is 1.14. The van der Waals surface area contributed by atoms with Crippen molar-refractivity contribution in [3.63, 3.8) is 0 Å². The van der Waals surface area contributed by atoms with Crippen molar-refractivity contribution >= 4 is 82.2 Å². The fourth-order valence-corrected chi connectivity index (χ4v) is 10.9. The standard InChI is InChI=1S/C68H107N9O26S/c1-48-56(47-78)103-49(2)63(64(48)86)76-60(82)12-41-104-57-45-61(83)77(67(57)89)15-10-58(80)71-13-17-91-20-22-93-24-26-95-28-30-97-32-34-99-36-38-101-40-39-100-37-35-98-33-31-96-29-27-94-25-23-92-21-19-90-16-11-59(81)72-14-18-102-55-8-6-52(7-9-55)74-66(88)51(44-62(84)85)43-54(79)46-73-65(87)50-4-3-5-53(42-50)75-68(69)70/h3-9,42,48-49,51,56-57,63-64,78,86H,10-41,43-47H2,1-2H3,(H,71,80)(H,72,81)(H,73,87)(H,74,88)(H,76,82)(H,84,85)(H4,69,70,75)/t48-,49+,51+,56-,57?,63-,64-/m1/s1. The second-order valence-electron chi connectivity index (χ2n) is 23.4. The van der Waals surface area contributed by atoms with E-state index >= 15 is 0 Å². The number of carbonyl (C=O) groups excluding carboxylic acids is 8. The van der Waals surface area contributed by atoms with Gasteiger partial charge < -0.3 is 120 Å². The number of imide groups is 1. The second kappa shape index (κ2) is 55.4. The molecule has 1 unspecified atom stereocenters. The zero-order valence-electron chi connectivity index (χ0n) is 59.5. The predicted molar refractivity (Wildman–Crippen MR) is 376 cm³/mol. The van der Waals surface area contributed by atoms with E-state index in [1.165, 1.54) is 23.9 Å². The van der Waals surface area contributed by atoms with Crippen molar-refractivity contribution < 1.29 is 125 Å². The Morgan fingerprint density at radius 1 is 0.615 bits per heavy atom. The monoisotopic (exact) mass is 1500 g/mol. The minimum Gasteiger partial charge on any atom is -0.492 e. The summed E-state index contributed by atoms with van der Waals surface area (Å²) in [4.78, 5) is 117. The van der Waals surface area contributed by atoms with Crippen LogP contribution in [-0.2, 0) is 99.9 Å². The molecular formula is C68H107N9O26S. The molecule has 2 aromatic rings. The molecule has 2 heterocycles. The summed E-state index contributed by atoms with van der Waals surface area (Å²) < 4.78 is 77.5. The van der Waals surface area contributed by atoms with Gasteiger partial charge in [0, 0.05) is 68.1 Å². The molecule has 7 amide bonds. The Morgan fingerprint density at radius 3 is 1.61 bits per heavy atom. The number of nitrogens with zero attached hydrogens (tertiary/aromatic N) is 2. The highest BCUT2D eigenvalue weighted by atomic mass is 32.2. The Hall–Kier alpha value is -7.11. The maximum Gasteiger partial charge on any atom is 0.304 e. The molecule has 2 aliphatic heterocycles. The number of aliphatic hydroxyl groups excluding tert-OH is 2. The number of rotatable bonds is 62. The lowest BCUT2D eigenvalue weighted by atomic mass is 9.87. The van der Waals surface area contributed by atoms with Gasteiger partial charge in [-0.3, -0.25) is 48.1 Å². The maximum absolute atomic E-state index is 13.0. The molecule has 0 aliphatic carbocycles. The molecule has 7 atom stereocenters. The molecule has 586 valence electrons. The van der Waals surface area contributed by atoms with Crippen molar-refractivity contribution in [3.8, 4) is 5.75 Å². The molecule has 0 spiro atoms. The molecule has 4 rings (SSSR count). The van der Waals surface area contributed by atoms with E-state index in [1.54, 1.807) is 50.2 Å². The number of nitrogens with one attached hydrogen (secondary N) is 5. The molecule has 36 heteroatoms. The highest BCUT2D eigenvalue weighted by Gasteiger charge is 2.42. The third-order valence-corrected chi connectivity index (χ3v) is 16.5. The summed E-state index contributed by atoms with van der Waals surface area (Å²) in [6, 6.07) is 11.7. The summed E-state index contributed by atoms with van der Waals surface area (Å²) in [6.07, 6.45) is -2.80. The molecule has 2 saturated heterocycles. The Morgan fingerprint density at radius 2 is 1.11 bits per heavy atom. The summed E-state index contributed by atoms with van der Waals surface area (Å²) in [6.45, 7) is 12.5. The van der Waals surface area contributed by atoms with E-state index in [4.69, 9.17) is 77.8 Å². The molecule has 2 aromatic carbocycles. The first-order valence-corrected chi connectivity index (χ1v) is 35.8. The molecular weight excluding hydrogens is 1390 g/mol. The minimum absolute atomic E-state index is 0.00902. The van der Waals surface area contributed by atoms with Crippen LogP contribution in [-0.4, -0.2) is 313 Å². The van der Waals surface area contributed by atoms with E-state index < -0.39 is 78.5 Å². The third kappa shape index (κ3) is 40.4. The van der Waals surface area contributed by atoms with Crippen molar-refractivity contribution in [2.24, 2.45) is 28.3 Å². The third-order valence-electron chi connectivity index (χ3n) is 15.3. The fraction of sp³-hybridized carbons (Fsp3) is 0.676. The van der Waals surface area contributed by atoms with Crippen LogP contribution >= 0.6 is 11.8 Å². The number of thioether (sulfide) groups is 1. The number of amides is 7.